The van der Waals surface area contributed by atoms with Crippen molar-refractivity contribution in [3.05, 3.63) is 54.4 Å². The monoisotopic (exact) mass is 386 g/mol. The van der Waals surface area contributed by atoms with Gasteiger partial charge in [-0.15, -0.1) is 10.2 Å². The van der Waals surface area contributed by atoms with Crippen LogP contribution in [0.4, 0.5) is 11.4 Å². The molecule has 0 spiro atoms. The molecule has 2 aromatic rings. The molecule has 0 unspecified atom stereocenters. The summed E-state index contributed by atoms with van der Waals surface area (Å²) >= 11 is 35.4. The van der Waals surface area contributed by atoms with Crippen LogP contribution in [0.1, 0.15) is 0 Å². The largest absolute Gasteiger partial charge is 0.149 e. The third-order valence-electron chi connectivity index (χ3n) is 2.24. The van der Waals surface area contributed by atoms with Gasteiger partial charge in [0.25, 0.3) is 0 Å². The Morgan fingerprint density at radius 1 is 0.450 bits per heavy atom. The lowest BCUT2D eigenvalue weighted by atomic mass is 10.3. The van der Waals surface area contributed by atoms with Gasteiger partial charge >= 0.3 is 0 Å². The summed E-state index contributed by atoms with van der Waals surface area (Å²) in [5.74, 6) is 0. The Morgan fingerprint density at radius 2 is 0.750 bits per heavy atom. The van der Waals surface area contributed by atoms with Crippen LogP contribution in [0, 0.1) is 0 Å². The van der Waals surface area contributed by atoms with Crippen LogP contribution in [0.25, 0.3) is 0 Å². The molecule has 0 aliphatic carbocycles. The predicted octanol–water partition coefficient (Wildman–Crippen LogP) is 8.02. The van der Waals surface area contributed by atoms with Crippen LogP contribution in [-0.4, -0.2) is 0 Å². The van der Waals surface area contributed by atoms with E-state index in [1.807, 2.05) is 0 Å². The molecule has 0 heterocycles. The lowest BCUT2D eigenvalue weighted by Gasteiger charge is -2.02. The van der Waals surface area contributed by atoms with Crippen molar-refractivity contribution in [2.24, 2.45) is 10.2 Å². The quantitative estimate of drug-likeness (QED) is 0.367. The second kappa shape index (κ2) is 6.69. The summed E-state index contributed by atoms with van der Waals surface area (Å²) in [6.07, 6.45) is 0. The summed E-state index contributed by atoms with van der Waals surface area (Å²) in [4.78, 5) is 0. The molecule has 104 valence electrons. The van der Waals surface area contributed by atoms with Crippen LogP contribution in [-0.2, 0) is 0 Å². The van der Waals surface area contributed by atoms with E-state index < -0.39 is 0 Å². The van der Waals surface area contributed by atoms with E-state index in [1.165, 1.54) is 24.3 Å². The van der Waals surface area contributed by atoms with Gasteiger partial charge in [0.15, 0.2) is 0 Å². The highest BCUT2D eigenvalue weighted by molar-refractivity contribution is 6.44. The van der Waals surface area contributed by atoms with Crippen molar-refractivity contribution >= 4 is 81.0 Å². The third-order valence-corrected chi connectivity index (χ3v) is 4.29. The molecule has 0 aliphatic heterocycles. The molecule has 2 nitrogen and oxygen atoms in total. The Morgan fingerprint density at radius 3 is 1.10 bits per heavy atom. The van der Waals surface area contributed by atoms with E-state index >= 15 is 0 Å². The number of benzene rings is 2. The van der Waals surface area contributed by atoms with E-state index in [9.17, 15) is 0 Å². The van der Waals surface area contributed by atoms with Crippen LogP contribution in [0.5, 0.6) is 0 Å². The molecule has 20 heavy (non-hydrogen) atoms. The number of nitrogens with zero attached hydrogens (tertiary/aromatic N) is 2. The fourth-order valence-corrected chi connectivity index (χ4v) is 2.44. The molecular formula is C12H4Cl6N2. The van der Waals surface area contributed by atoms with Crippen molar-refractivity contribution in [1.29, 1.82) is 0 Å². The average molecular weight is 389 g/mol. The second-order valence-corrected chi connectivity index (χ2v) is 6.08. The molecule has 0 aromatic heterocycles. The highest BCUT2D eigenvalue weighted by atomic mass is 35.5. The number of hydrogen-bond donors (Lipinski definition) is 0. The minimum absolute atomic E-state index is 0.319. The van der Waals surface area contributed by atoms with E-state index in [0.717, 1.165) is 0 Å². The van der Waals surface area contributed by atoms with Gasteiger partial charge in [0.1, 0.15) is 11.4 Å². The predicted molar refractivity (Wildman–Crippen MR) is 87.1 cm³/mol. The molecule has 0 bridgehead atoms. The third kappa shape index (κ3) is 3.70. The first-order valence-corrected chi connectivity index (χ1v) is 7.36. The normalized spacial score (nSPS) is 11.3. The summed E-state index contributed by atoms with van der Waals surface area (Å²) in [7, 11) is 0. The Balaban J connectivity index is 2.39. The standard InChI is InChI=1S/C12H4Cl6N2/c13-5-1-9(17)11(3-7(5)15)19-20-12-4-8(16)6(14)2-10(12)18/h1-4H. The van der Waals surface area contributed by atoms with Gasteiger partial charge in [0.05, 0.1) is 30.1 Å². The first kappa shape index (κ1) is 16.2. The van der Waals surface area contributed by atoms with Crippen molar-refractivity contribution < 1.29 is 0 Å². The van der Waals surface area contributed by atoms with Crippen LogP contribution < -0.4 is 0 Å². The van der Waals surface area contributed by atoms with Gasteiger partial charge in [0, 0.05) is 0 Å². The van der Waals surface area contributed by atoms with Gasteiger partial charge in [-0.05, 0) is 24.3 Å². The molecule has 0 aliphatic rings. The fraction of sp³-hybridized carbons (Fsp3) is 0. The molecule has 2 rings (SSSR count). The van der Waals surface area contributed by atoms with E-state index in [2.05, 4.69) is 10.2 Å². The second-order valence-electron chi connectivity index (χ2n) is 3.64. The van der Waals surface area contributed by atoms with Gasteiger partial charge < -0.3 is 0 Å². The molecule has 2 aromatic carbocycles. The Labute approximate surface area is 145 Å². The number of azo groups is 1. The average Bonchev–Trinajstić information content (AvgIpc) is 2.37. The minimum atomic E-state index is 0.319. The maximum atomic E-state index is 5.99. The molecule has 0 saturated carbocycles. The van der Waals surface area contributed by atoms with E-state index in [0.29, 0.717) is 41.5 Å². The van der Waals surface area contributed by atoms with Gasteiger partial charge in [-0.3, -0.25) is 0 Å². The molecule has 0 amide bonds. The number of halogens is 6. The maximum absolute atomic E-state index is 5.99. The van der Waals surface area contributed by atoms with Gasteiger partial charge in [-0.25, -0.2) is 0 Å². The first-order chi connectivity index (χ1) is 9.38. The zero-order valence-corrected chi connectivity index (χ0v) is 14.0. The highest BCUT2D eigenvalue weighted by Crippen LogP contribution is 2.37. The van der Waals surface area contributed by atoms with E-state index in [1.54, 1.807) is 0 Å². The lowest BCUT2D eigenvalue weighted by Crippen LogP contribution is -1.74. The number of hydrogen-bond acceptors (Lipinski definition) is 2. The van der Waals surface area contributed by atoms with Crippen molar-refractivity contribution in [3.63, 3.8) is 0 Å². The summed E-state index contributed by atoms with van der Waals surface area (Å²) in [6, 6.07) is 5.97. The Hall–Kier alpha value is -0.220. The van der Waals surface area contributed by atoms with E-state index in [4.69, 9.17) is 69.6 Å². The van der Waals surface area contributed by atoms with Crippen molar-refractivity contribution in [2.75, 3.05) is 0 Å². The molecular weight excluding hydrogens is 385 g/mol. The van der Waals surface area contributed by atoms with Gasteiger partial charge in [0.2, 0.25) is 0 Å². The zero-order chi connectivity index (χ0) is 14.9. The smallest absolute Gasteiger partial charge is 0.106 e. The first-order valence-electron chi connectivity index (χ1n) is 5.09. The molecule has 0 N–H and O–H groups in total. The molecule has 0 fully saturated rings. The number of rotatable bonds is 2. The molecule has 8 heteroatoms. The van der Waals surface area contributed by atoms with Crippen molar-refractivity contribution in [2.45, 2.75) is 0 Å². The lowest BCUT2D eigenvalue weighted by molar-refractivity contribution is 1.23. The summed E-state index contributed by atoms with van der Waals surface area (Å²) < 4.78 is 0. The van der Waals surface area contributed by atoms with E-state index in [-0.39, 0.29) is 0 Å². The molecule has 0 saturated heterocycles. The molecule has 0 radical (unpaired) electrons. The summed E-state index contributed by atoms with van der Waals surface area (Å²) in [6.45, 7) is 0. The maximum Gasteiger partial charge on any atom is 0.106 e. The summed E-state index contributed by atoms with van der Waals surface area (Å²) in [5, 5.41) is 9.91. The van der Waals surface area contributed by atoms with Crippen molar-refractivity contribution in [1.82, 2.24) is 0 Å². The topological polar surface area (TPSA) is 24.7 Å². The van der Waals surface area contributed by atoms with Crippen LogP contribution in [0.15, 0.2) is 34.5 Å². The Kier molecular flexibility index (Phi) is 5.41. The highest BCUT2D eigenvalue weighted by Gasteiger charge is 2.07. The van der Waals surface area contributed by atoms with Crippen LogP contribution in [0.2, 0.25) is 30.1 Å². The van der Waals surface area contributed by atoms with Crippen molar-refractivity contribution in [3.8, 4) is 0 Å². The molecule has 0 atom stereocenters. The SMILES string of the molecule is Clc1cc(Cl)c(N=Nc2cc(Cl)c(Cl)cc2Cl)cc1Cl. The van der Waals surface area contributed by atoms with Gasteiger partial charge in [-0.1, -0.05) is 69.6 Å². The van der Waals surface area contributed by atoms with Gasteiger partial charge in [-0.2, -0.15) is 0 Å². The zero-order valence-electron chi connectivity index (χ0n) is 9.47. The summed E-state index contributed by atoms with van der Waals surface area (Å²) in [5.41, 5.74) is 0.728. The minimum Gasteiger partial charge on any atom is -0.149 e. The fourth-order valence-electron chi connectivity index (χ4n) is 1.29. The Bertz CT molecular complexity index is 639. The van der Waals surface area contributed by atoms with Crippen LogP contribution in [0.3, 0.4) is 0 Å². The van der Waals surface area contributed by atoms with Crippen LogP contribution >= 0.6 is 69.6 Å².